The van der Waals surface area contributed by atoms with Gasteiger partial charge in [0, 0.05) is 55.3 Å². The van der Waals surface area contributed by atoms with Crippen LogP contribution in [0.15, 0.2) is 18.2 Å². The number of piperidine rings is 1. The lowest BCUT2D eigenvalue weighted by Crippen LogP contribution is -2.51. The summed E-state index contributed by atoms with van der Waals surface area (Å²) in [5.41, 5.74) is 1.61. The van der Waals surface area contributed by atoms with Crippen molar-refractivity contribution >= 4 is 41.6 Å². The van der Waals surface area contributed by atoms with Crippen LogP contribution < -0.4 is 4.90 Å². The van der Waals surface area contributed by atoms with Gasteiger partial charge in [0.05, 0.1) is 0 Å². The van der Waals surface area contributed by atoms with E-state index in [2.05, 4.69) is 0 Å². The molecule has 1 aromatic rings. The second-order valence-electron chi connectivity index (χ2n) is 7.14. The fourth-order valence-corrected chi connectivity index (χ4v) is 4.44. The van der Waals surface area contributed by atoms with Crippen molar-refractivity contribution in [3.63, 3.8) is 0 Å². The summed E-state index contributed by atoms with van der Waals surface area (Å²) in [5.74, 6) is -2.02. The number of carbonyl (C=O) groups is 4. The zero-order chi connectivity index (χ0) is 20.0. The minimum absolute atomic E-state index is 0.0247. The summed E-state index contributed by atoms with van der Waals surface area (Å²) in [7, 11) is 0. The van der Waals surface area contributed by atoms with Gasteiger partial charge >= 0.3 is 0 Å². The molecule has 0 spiro atoms. The highest BCUT2D eigenvalue weighted by molar-refractivity contribution is 7.93. The van der Waals surface area contributed by atoms with Crippen LogP contribution in [0.4, 0.5) is 9.57 Å². The van der Waals surface area contributed by atoms with E-state index in [9.17, 15) is 28.2 Å². The van der Waals surface area contributed by atoms with Crippen molar-refractivity contribution < 1.29 is 28.2 Å². The maximum atomic E-state index is 13.0. The number of hydrogen-bond acceptors (Lipinski definition) is 6. The summed E-state index contributed by atoms with van der Waals surface area (Å²) in [5, 5.41) is 9.35. The molecule has 0 bridgehead atoms. The van der Waals surface area contributed by atoms with Crippen molar-refractivity contribution in [2.45, 2.75) is 31.8 Å². The van der Waals surface area contributed by atoms with Gasteiger partial charge in [0.15, 0.2) is 12.3 Å². The molecule has 10 heteroatoms. The Kier molecular flexibility index (Phi) is 4.84. The molecule has 0 aliphatic carbocycles. The van der Waals surface area contributed by atoms with Crippen LogP contribution in [0.1, 0.15) is 35.2 Å². The van der Waals surface area contributed by atoms with Crippen LogP contribution in [0.3, 0.4) is 0 Å². The van der Waals surface area contributed by atoms with Gasteiger partial charge in [-0.1, -0.05) is 6.07 Å². The van der Waals surface area contributed by atoms with E-state index in [-0.39, 0.29) is 50.1 Å². The molecule has 28 heavy (non-hydrogen) atoms. The van der Waals surface area contributed by atoms with Crippen molar-refractivity contribution in [1.82, 2.24) is 9.21 Å². The van der Waals surface area contributed by atoms with Crippen LogP contribution in [-0.2, 0) is 20.9 Å². The van der Waals surface area contributed by atoms with Gasteiger partial charge < -0.3 is 14.9 Å². The lowest BCUT2D eigenvalue weighted by atomic mass is 10.0. The molecular formula is C18H18FN3O5S. The number of halogens is 1. The third-order valence-corrected chi connectivity index (χ3v) is 6.04. The van der Waals surface area contributed by atoms with Gasteiger partial charge in [-0.3, -0.25) is 19.2 Å². The van der Waals surface area contributed by atoms with Gasteiger partial charge in [-0.2, -0.15) is 4.31 Å². The Morgan fingerprint density at radius 1 is 1.18 bits per heavy atom. The second kappa shape index (κ2) is 7.17. The molecule has 3 aliphatic rings. The van der Waals surface area contributed by atoms with E-state index in [4.69, 9.17) is 0 Å². The average molecular weight is 407 g/mol. The van der Waals surface area contributed by atoms with Crippen LogP contribution in [0.5, 0.6) is 0 Å². The number of amides is 4. The zero-order valence-electron chi connectivity index (χ0n) is 14.8. The van der Waals surface area contributed by atoms with E-state index in [1.165, 1.54) is 4.90 Å². The Labute approximate surface area is 164 Å². The molecule has 2 fully saturated rings. The summed E-state index contributed by atoms with van der Waals surface area (Å²) in [4.78, 5) is 52.4. The van der Waals surface area contributed by atoms with Gasteiger partial charge in [0.2, 0.25) is 11.8 Å². The quantitative estimate of drug-likeness (QED) is 0.592. The van der Waals surface area contributed by atoms with Gasteiger partial charge in [-0.15, -0.1) is 3.89 Å². The number of carbonyl (C=O) groups excluding carboxylic acids is 4. The number of anilines is 1. The Bertz CT molecular complexity index is 879. The number of rotatable bonds is 4. The van der Waals surface area contributed by atoms with E-state index in [1.54, 1.807) is 23.1 Å². The average Bonchev–Trinajstić information content (AvgIpc) is 3.22. The molecule has 4 rings (SSSR count). The minimum atomic E-state index is -0.923. The smallest absolute Gasteiger partial charge is 0.264 e. The fourth-order valence-electron chi connectivity index (χ4n) is 4.08. The molecule has 3 heterocycles. The van der Waals surface area contributed by atoms with E-state index < -0.39 is 30.2 Å². The van der Waals surface area contributed by atoms with Crippen LogP contribution in [0.25, 0.3) is 0 Å². The molecule has 2 saturated heterocycles. The largest absolute Gasteiger partial charge is 0.396 e. The molecular weight excluding hydrogens is 389 g/mol. The van der Waals surface area contributed by atoms with E-state index in [0.717, 1.165) is 0 Å². The van der Waals surface area contributed by atoms with Crippen molar-refractivity contribution in [2.75, 3.05) is 18.1 Å². The van der Waals surface area contributed by atoms with Crippen LogP contribution in [-0.4, -0.2) is 57.1 Å². The number of aliphatic hydroxyl groups excluding tert-OH is 1. The monoisotopic (exact) mass is 407 g/mol. The molecule has 3 aliphatic heterocycles. The Hall–Kier alpha value is -2.46. The number of imide groups is 1. The first-order valence-electron chi connectivity index (χ1n) is 8.95. The summed E-state index contributed by atoms with van der Waals surface area (Å²) in [6, 6.07) is 4.12. The Morgan fingerprint density at radius 3 is 2.64 bits per heavy atom. The molecule has 1 N–H and O–H groups in total. The topological polar surface area (TPSA) is 98.2 Å². The molecule has 8 nitrogen and oxygen atoms in total. The van der Waals surface area contributed by atoms with Crippen molar-refractivity contribution in [2.24, 2.45) is 5.92 Å². The third kappa shape index (κ3) is 2.87. The van der Waals surface area contributed by atoms with Gasteiger partial charge in [-0.25, -0.2) is 0 Å². The third-order valence-electron chi connectivity index (χ3n) is 5.51. The number of nitrogens with zero attached hydrogens (tertiary/aromatic N) is 3. The number of aliphatic hydroxyl groups is 1. The maximum Gasteiger partial charge on any atom is 0.264 e. The van der Waals surface area contributed by atoms with Crippen LogP contribution >= 0.6 is 12.3 Å². The SMILES string of the molecule is O=C1CCC(N2Cc3c(cccc3N3CC(CO)CC3=O)C2=O)C(=O)N1SF. The van der Waals surface area contributed by atoms with Crippen LogP contribution in [0, 0.1) is 5.92 Å². The molecule has 1 aromatic carbocycles. The molecule has 2 atom stereocenters. The first-order valence-corrected chi connectivity index (χ1v) is 9.63. The van der Waals surface area contributed by atoms with Gasteiger partial charge in [0.1, 0.15) is 6.04 Å². The first kappa shape index (κ1) is 18.9. The van der Waals surface area contributed by atoms with E-state index >= 15 is 0 Å². The molecule has 0 saturated carbocycles. The predicted octanol–water partition coefficient (Wildman–Crippen LogP) is 1.04. The fraction of sp³-hybridized carbons (Fsp3) is 0.444. The Balaban J connectivity index is 1.63. The first-order chi connectivity index (χ1) is 13.5. The highest BCUT2D eigenvalue weighted by Crippen LogP contribution is 2.37. The van der Waals surface area contributed by atoms with Crippen molar-refractivity contribution in [3.8, 4) is 0 Å². The lowest BCUT2D eigenvalue weighted by molar-refractivity contribution is -0.145. The van der Waals surface area contributed by atoms with Crippen molar-refractivity contribution in [3.05, 3.63) is 29.3 Å². The standard InChI is InChI=1S/C18H18FN3O5S/c19-28-22-15(24)5-4-14(18(22)27)21-8-12-11(17(21)26)2-1-3-13(12)20-7-10(9-23)6-16(20)25/h1-3,10,14,23H,4-9H2. The summed E-state index contributed by atoms with van der Waals surface area (Å²) in [6.45, 7) is 0.375. The Morgan fingerprint density at radius 2 is 1.96 bits per heavy atom. The predicted molar refractivity (Wildman–Crippen MR) is 97.4 cm³/mol. The van der Waals surface area contributed by atoms with Crippen molar-refractivity contribution in [1.29, 1.82) is 0 Å². The maximum absolute atomic E-state index is 13.0. The lowest BCUT2D eigenvalue weighted by Gasteiger charge is -2.33. The second-order valence-corrected chi connectivity index (χ2v) is 7.65. The normalized spacial score (nSPS) is 25.1. The minimum Gasteiger partial charge on any atom is -0.396 e. The summed E-state index contributed by atoms with van der Waals surface area (Å²) < 4.78 is 13.5. The molecule has 0 aromatic heterocycles. The number of fused-ring (bicyclic) bond motifs is 1. The molecule has 2 unspecified atom stereocenters. The highest BCUT2D eigenvalue weighted by Gasteiger charge is 2.44. The number of benzene rings is 1. The highest BCUT2D eigenvalue weighted by atomic mass is 32.2. The van der Waals surface area contributed by atoms with Gasteiger partial charge in [-0.05, 0) is 18.6 Å². The van der Waals surface area contributed by atoms with E-state index in [0.29, 0.717) is 27.7 Å². The van der Waals surface area contributed by atoms with Crippen LogP contribution in [0.2, 0.25) is 0 Å². The van der Waals surface area contributed by atoms with E-state index in [1.807, 2.05) is 0 Å². The molecule has 4 amide bonds. The molecule has 0 radical (unpaired) electrons. The zero-order valence-corrected chi connectivity index (χ0v) is 15.7. The van der Waals surface area contributed by atoms with Gasteiger partial charge in [0.25, 0.3) is 11.8 Å². The number of hydrogen-bond donors (Lipinski definition) is 1. The molecule has 148 valence electrons. The summed E-state index contributed by atoms with van der Waals surface area (Å²) in [6.07, 6.45) is 0.353. The summed E-state index contributed by atoms with van der Waals surface area (Å²) >= 11 is -0.444.